The van der Waals surface area contributed by atoms with Gasteiger partial charge in [0, 0.05) is 24.2 Å². The van der Waals surface area contributed by atoms with Gasteiger partial charge in [-0.2, -0.15) is 0 Å². The Labute approximate surface area is 137 Å². The summed E-state index contributed by atoms with van der Waals surface area (Å²) in [6.07, 6.45) is -0.435. The van der Waals surface area contributed by atoms with Crippen molar-refractivity contribution in [1.82, 2.24) is 0 Å². The molecular weight excluding hydrogens is 320 g/mol. The van der Waals surface area contributed by atoms with Gasteiger partial charge in [-0.15, -0.1) is 0 Å². The molecular formula is C14H18N4O6. The van der Waals surface area contributed by atoms with Crippen molar-refractivity contribution in [2.24, 2.45) is 11.5 Å². The van der Waals surface area contributed by atoms with Crippen molar-refractivity contribution in [1.29, 1.82) is 0 Å². The number of amides is 2. The van der Waals surface area contributed by atoms with E-state index >= 15 is 0 Å². The minimum atomic E-state index is -1.15. The second kappa shape index (κ2) is 8.02. The Balaban J connectivity index is 3.11. The van der Waals surface area contributed by atoms with Gasteiger partial charge in [0.2, 0.25) is 11.8 Å². The zero-order chi connectivity index (χ0) is 18.4. The molecule has 0 aliphatic rings. The van der Waals surface area contributed by atoms with Crippen LogP contribution in [-0.2, 0) is 14.4 Å². The van der Waals surface area contributed by atoms with Crippen LogP contribution in [0.2, 0.25) is 0 Å². The summed E-state index contributed by atoms with van der Waals surface area (Å²) in [7, 11) is 0. The molecule has 130 valence electrons. The number of rotatable bonds is 8. The van der Waals surface area contributed by atoms with E-state index in [4.69, 9.17) is 16.6 Å². The second-order valence-corrected chi connectivity index (χ2v) is 5.10. The first-order chi connectivity index (χ1) is 11.1. The molecule has 0 aliphatic heterocycles. The zero-order valence-electron chi connectivity index (χ0n) is 12.9. The van der Waals surface area contributed by atoms with Crippen LogP contribution in [0.5, 0.6) is 0 Å². The highest BCUT2D eigenvalue weighted by atomic mass is 16.6. The van der Waals surface area contributed by atoms with E-state index in [1.807, 2.05) is 0 Å². The fraction of sp³-hybridized carbons (Fsp3) is 0.357. The fourth-order valence-corrected chi connectivity index (χ4v) is 1.98. The largest absolute Gasteiger partial charge is 0.481 e. The molecule has 5 N–H and O–H groups in total. The van der Waals surface area contributed by atoms with E-state index in [9.17, 15) is 24.5 Å². The van der Waals surface area contributed by atoms with Crippen LogP contribution in [0.1, 0.15) is 19.8 Å². The van der Waals surface area contributed by atoms with E-state index in [1.54, 1.807) is 0 Å². The molecule has 0 saturated carbocycles. The Morgan fingerprint density at radius 2 is 1.83 bits per heavy atom. The Hall–Kier alpha value is -3.01. The summed E-state index contributed by atoms with van der Waals surface area (Å²) in [5.74, 6) is -2.60. The number of hydrogen-bond acceptors (Lipinski definition) is 6. The monoisotopic (exact) mass is 338 g/mol. The lowest BCUT2D eigenvalue weighted by Crippen LogP contribution is -2.52. The van der Waals surface area contributed by atoms with E-state index in [-0.39, 0.29) is 24.2 Å². The van der Waals surface area contributed by atoms with Gasteiger partial charge in [0.25, 0.3) is 5.69 Å². The van der Waals surface area contributed by atoms with E-state index < -0.39 is 34.8 Å². The molecule has 10 nitrogen and oxygen atoms in total. The fourth-order valence-electron chi connectivity index (χ4n) is 1.98. The van der Waals surface area contributed by atoms with Crippen LogP contribution < -0.4 is 16.4 Å². The number of benzene rings is 1. The van der Waals surface area contributed by atoms with Gasteiger partial charge in [0.15, 0.2) is 0 Å². The third kappa shape index (κ3) is 4.74. The summed E-state index contributed by atoms with van der Waals surface area (Å²) in [6, 6.07) is 2.71. The first-order valence-electron chi connectivity index (χ1n) is 6.99. The van der Waals surface area contributed by atoms with Crippen molar-refractivity contribution in [2.45, 2.75) is 31.8 Å². The van der Waals surface area contributed by atoms with Crippen molar-refractivity contribution in [3.8, 4) is 0 Å². The van der Waals surface area contributed by atoms with Crippen molar-refractivity contribution in [3.63, 3.8) is 0 Å². The number of carbonyl (C=O) groups excluding carboxylic acids is 2. The Kier molecular flexibility index (Phi) is 6.36. The van der Waals surface area contributed by atoms with Crippen molar-refractivity contribution in [3.05, 3.63) is 34.4 Å². The third-order valence-electron chi connectivity index (χ3n) is 3.36. The SMILES string of the molecule is CC(C(N)=O)N(C(=O)C(N)CCC(=O)O)c1ccc([N+](=O)[O-])cc1. The minimum absolute atomic E-state index is 0.122. The molecule has 0 radical (unpaired) electrons. The first-order valence-corrected chi connectivity index (χ1v) is 6.99. The summed E-state index contributed by atoms with van der Waals surface area (Å²) in [4.78, 5) is 45.6. The quantitative estimate of drug-likeness (QED) is 0.442. The lowest BCUT2D eigenvalue weighted by molar-refractivity contribution is -0.384. The summed E-state index contributed by atoms with van der Waals surface area (Å²) in [5.41, 5.74) is 11.0. The summed E-state index contributed by atoms with van der Waals surface area (Å²) in [6.45, 7) is 1.38. The lowest BCUT2D eigenvalue weighted by atomic mass is 10.1. The minimum Gasteiger partial charge on any atom is -0.481 e. The normalized spacial score (nSPS) is 12.9. The Morgan fingerprint density at radius 3 is 2.25 bits per heavy atom. The van der Waals surface area contributed by atoms with E-state index in [2.05, 4.69) is 0 Å². The standard InChI is InChI=1S/C14H18N4O6/c1-8(13(16)21)17(14(22)11(15)6-7-12(19)20)9-2-4-10(5-3-9)18(23)24/h2-5,8,11H,6-7,15H2,1H3,(H2,16,21)(H,19,20). The lowest BCUT2D eigenvalue weighted by Gasteiger charge is -2.29. The van der Waals surface area contributed by atoms with Gasteiger partial charge in [-0.05, 0) is 25.5 Å². The van der Waals surface area contributed by atoms with Crippen LogP contribution in [0.15, 0.2) is 24.3 Å². The Bertz CT molecular complexity index is 645. The van der Waals surface area contributed by atoms with Crippen LogP contribution in [0, 0.1) is 10.1 Å². The summed E-state index contributed by atoms with van der Waals surface area (Å²) < 4.78 is 0. The van der Waals surface area contributed by atoms with Crippen molar-refractivity contribution in [2.75, 3.05) is 4.90 Å². The van der Waals surface area contributed by atoms with Crippen LogP contribution in [0.3, 0.4) is 0 Å². The Morgan fingerprint density at radius 1 is 1.29 bits per heavy atom. The average Bonchev–Trinajstić information content (AvgIpc) is 2.52. The molecule has 24 heavy (non-hydrogen) atoms. The number of nitro benzene ring substituents is 1. The van der Waals surface area contributed by atoms with Crippen LogP contribution in [0.4, 0.5) is 11.4 Å². The molecule has 2 unspecified atom stereocenters. The number of primary amides is 1. The molecule has 1 aromatic carbocycles. The number of nitro groups is 1. The molecule has 0 heterocycles. The van der Waals surface area contributed by atoms with E-state index in [0.29, 0.717) is 0 Å². The number of anilines is 1. The maximum atomic E-state index is 12.5. The van der Waals surface area contributed by atoms with Gasteiger partial charge in [-0.25, -0.2) is 0 Å². The zero-order valence-corrected chi connectivity index (χ0v) is 12.9. The predicted molar refractivity (Wildman–Crippen MR) is 84.1 cm³/mol. The van der Waals surface area contributed by atoms with E-state index in [1.165, 1.54) is 31.2 Å². The maximum absolute atomic E-state index is 12.5. The molecule has 1 aromatic rings. The molecule has 0 saturated heterocycles. The molecule has 1 rings (SSSR count). The highest BCUT2D eigenvalue weighted by molar-refractivity contribution is 6.02. The molecule has 0 bridgehead atoms. The van der Waals surface area contributed by atoms with Gasteiger partial charge in [-0.1, -0.05) is 0 Å². The number of hydrogen-bond donors (Lipinski definition) is 3. The highest BCUT2D eigenvalue weighted by Gasteiger charge is 2.30. The molecule has 0 aliphatic carbocycles. The molecule has 10 heteroatoms. The van der Waals surface area contributed by atoms with Crippen molar-refractivity contribution < 1.29 is 24.4 Å². The molecule has 2 atom stereocenters. The number of aliphatic carboxylic acids is 1. The summed E-state index contributed by atoms with van der Waals surface area (Å²) >= 11 is 0. The highest BCUT2D eigenvalue weighted by Crippen LogP contribution is 2.22. The molecule has 0 fully saturated rings. The first kappa shape index (κ1) is 19.0. The molecule has 0 aromatic heterocycles. The van der Waals surface area contributed by atoms with Gasteiger partial charge in [0.05, 0.1) is 11.0 Å². The number of carboxylic acids is 1. The smallest absolute Gasteiger partial charge is 0.303 e. The second-order valence-electron chi connectivity index (χ2n) is 5.10. The number of carbonyl (C=O) groups is 3. The maximum Gasteiger partial charge on any atom is 0.303 e. The van der Waals surface area contributed by atoms with Gasteiger partial charge >= 0.3 is 5.97 Å². The summed E-state index contributed by atoms with van der Waals surface area (Å²) in [5, 5.41) is 19.4. The number of non-ortho nitro benzene ring substituents is 1. The van der Waals surface area contributed by atoms with Crippen LogP contribution in [-0.4, -0.2) is 39.9 Å². The third-order valence-corrected chi connectivity index (χ3v) is 3.36. The number of nitrogens with two attached hydrogens (primary N) is 2. The van der Waals surface area contributed by atoms with Crippen LogP contribution in [0.25, 0.3) is 0 Å². The molecule has 2 amide bonds. The van der Waals surface area contributed by atoms with Gasteiger partial charge in [0.1, 0.15) is 6.04 Å². The molecule has 0 spiro atoms. The predicted octanol–water partition coefficient (Wildman–Crippen LogP) is -0.00630. The van der Waals surface area contributed by atoms with Crippen molar-refractivity contribution >= 4 is 29.2 Å². The number of carboxylic acid groups (broad SMARTS) is 1. The van der Waals surface area contributed by atoms with E-state index in [0.717, 1.165) is 4.90 Å². The topological polar surface area (TPSA) is 170 Å². The van der Waals surface area contributed by atoms with Gasteiger partial charge in [-0.3, -0.25) is 29.4 Å². The van der Waals surface area contributed by atoms with Crippen LogP contribution >= 0.6 is 0 Å². The average molecular weight is 338 g/mol. The number of nitrogens with zero attached hydrogens (tertiary/aromatic N) is 2. The van der Waals surface area contributed by atoms with Gasteiger partial charge < -0.3 is 16.6 Å².